The van der Waals surface area contributed by atoms with Gasteiger partial charge in [-0.3, -0.25) is 4.79 Å². The fraction of sp³-hybridized carbons (Fsp3) is 0.381. The molecular formula is C21H26MgO2. The summed E-state index contributed by atoms with van der Waals surface area (Å²) in [5.41, 5.74) is 1.95. The molecule has 0 aromatic heterocycles. The van der Waals surface area contributed by atoms with Crippen molar-refractivity contribution in [2.45, 2.75) is 45.1 Å². The zero-order chi connectivity index (χ0) is 15.9. The molecule has 2 nitrogen and oxygen atoms in total. The first-order valence-corrected chi connectivity index (χ1v) is 8.61. The normalized spacial score (nSPS) is 14.7. The predicted molar refractivity (Wildman–Crippen MR) is 101 cm³/mol. The van der Waals surface area contributed by atoms with Crippen molar-refractivity contribution in [1.82, 2.24) is 0 Å². The van der Waals surface area contributed by atoms with E-state index < -0.39 is 0 Å². The summed E-state index contributed by atoms with van der Waals surface area (Å²) in [6.07, 6.45) is 7.02. The van der Waals surface area contributed by atoms with E-state index in [1.165, 1.54) is 32.1 Å². The van der Waals surface area contributed by atoms with Gasteiger partial charge in [-0.15, -0.1) is 0 Å². The van der Waals surface area contributed by atoms with Crippen molar-refractivity contribution in [2.24, 2.45) is 5.92 Å². The third-order valence-corrected chi connectivity index (χ3v) is 4.62. The second kappa shape index (κ2) is 9.85. The monoisotopic (exact) mass is 334 g/mol. The molecule has 0 saturated heterocycles. The molecule has 0 atom stereocenters. The second-order valence-electron chi connectivity index (χ2n) is 6.43. The van der Waals surface area contributed by atoms with Crippen molar-refractivity contribution < 1.29 is 12.4 Å². The maximum atomic E-state index is 12.4. The summed E-state index contributed by atoms with van der Waals surface area (Å²) in [6, 6.07) is 17.7. The van der Waals surface area contributed by atoms with Crippen LogP contribution in [0.2, 0.25) is 0 Å². The summed E-state index contributed by atoms with van der Waals surface area (Å²) in [4.78, 5) is 12.4. The molecule has 124 valence electrons. The Morgan fingerprint density at radius 3 is 2.29 bits per heavy atom. The van der Waals surface area contributed by atoms with Crippen molar-refractivity contribution >= 4 is 28.8 Å². The standard InChI is InChI=1S/C21H24O2.Mg.2H/c22-21(15-17-7-3-1-4-8-17)19-11-13-20(14-12-19)23-16-18-9-5-2-6-10-18;;;/h2,5-6,9-14,17H,1,3-4,7-8,15-16H2;;;/q;+2;2*-1. The SMILES string of the molecule is O=C(CC1CCCCC1)c1ccc(OCc2ccccc2)cc1.[H-].[H-].[Mg+2]. The number of Topliss-reactive ketones (excluding diaryl/α,β-unsaturated/α-hetero) is 1. The molecule has 1 aliphatic carbocycles. The molecular weight excluding hydrogens is 309 g/mol. The molecule has 3 heteroatoms. The van der Waals surface area contributed by atoms with E-state index in [-0.39, 0.29) is 31.7 Å². The average Bonchev–Trinajstić information content (AvgIpc) is 2.62. The van der Waals surface area contributed by atoms with Crippen molar-refractivity contribution in [3.05, 3.63) is 65.7 Å². The molecule has 0 radical (unpaired) electrons. The van der Waals surface area contributed by atoms with Gasteiger partial charge in [0.05, 0.1) is 0 Å². The summed E-state index contributed by atoms with van der Waals surface area (Å²) in [5, 5.41) is 0. The van der Waals surface area contributed by atoms with E-state index in [0.717, 1.165) is 16.9 Å². The van der Waals surface area contributed by atoms with Gasteiger partial charge in [0, 0.05) is 12.0 Å². The van der Waals surface area contributed by atoms with Crippen molar-refractivity contribution in [3.63, 3.8) is 0 Å². The number of hydrogen-bond donors (Lipinski definition) is 0. The average molecular weight is 335 g/mol. The smallest absolute Gasteiger partial charge is 1.00 e. The molecule has 0 heterocycles. The Hall–Kier alpha value is -1.32. The van der Waals surface area contributed by atoms with E-state index in [9.17, 15) is 4.79 Å². The van der Waals surface area contributed by atoms with Crippen LogP contribution < -0.4 is 4.74 Å². The summed E-state index contributed by atoms with van der Waals surface area (Å²) < 4.78 is 5.77. The molecule has 0 bridgehead atoms. The van der Waals surface area contributed by atoms with Crippen LogP contribution in [0.15, 0.2) is 54.6 Å². The second-order valence-corrected chi connectivity index (χ2v) is 6.43. The van der Waals surface area contributed by atoms with Gasteiger partial charge in [-0.25, -0.2) is 0 Å². The molecule has 1 fully saturated rings. The van der Waals surface area contributed by atoms with E-state index in [0.29, 0.717) is 18.9 Å². The molecule has 2 aromatic rings. The molecule has 3 rings (SSSR count). The topological polar surface area (TPSA) is 26.3 Å². The van der Waals surface area contributed by atoms with Crippen molar-refractivity contribution in [3.8, 4) is 5.75 Å². The quantitative estimate of drug-likeness (QED) is 0.532. The van der Waals surface area contributed by atoms with Gasteiger partial charge in [-0.05, 0) is 35.7 Å². The first-order valence-electron chi connectivity index (χ1n) is 8.61. The van der Waals surface area contributed by atoms with Crippen LogP contribution in [0, 0.1) is 5.92 Å². The van der Waals surface area contributed by atoms with E-state index in [1.807, 2.05) is 54.6 Å². The molecule has 1 saturated carbocycles. The third-order valence-electron chi connectivity index (χ3n) is 4.62. The predicted octanol–water partition coefficient (Wildman–Crippen LogP) is 5.26. The Kier molecular flexibility index (Phi) is 7.80. The van der Waals surface area contributed by atoms with E-state index in [2.05, 4.69) is 0 Å². The van der Waals surface area contributed by atoms with E-state index in [1.54, 1.807) is 0 Å². The van der Waals surface area contributed by atoms with Gasteiger partial charge in [-0.2, -0.15) is 0 Å². The first kappa shape index (κ1) is 19.0. The number of benzene rings is 2. The van der Waals surface area contributed by atoms with Gasteiger partial charge in [-0.1, -0.05) is 62.4 Å². The van der Waals surface area contributed by atoms with Gasteiger partial charge >= 0.3 is 23.1 Å². The van der Waals surface area contributed by atoms with Crippen LogP contribution in [-0.4, -0.2) is 28.8 Å². The Morgan fingerprint density at radius 1 is 0.958 bits per heavy atom. The number of ether oxygens (including phenoxy) is 1. The van der Waals surface area contributed by atoms with E-state index in [4.69, 9.17) is 4.74 Å². The number of rotatable bonds is 6. The number of hydrogen-bond acceptors (Lipinski definition) is 2. The van der Waals surface area contributed by atoms with Crippen molar-refractivity contribution in [2.75, 3.05) is 0 Å². The minimum Gasteiger partial charge on any atom is -1.00 e. The fourth-order valence-corrected chi connectivity index (χ4v) is 3.25. The first-order chi connectivity index (χ1) is 11.3. The molecule has 0 unspecified atom stereocenters. The van der Waals surface area contributed by atoms with Crippen molar-refractivity contribution in [1.29, 1.82) is 0 Å². The molecule has 24 heavy (non-hydrogen) atoms. The molecule has 0 spiro atoms. The van der Waals surface area contributed by atoms with Crippen LogP contribution >= 0.6 is 0 Å². The third kappa shape index (κ3) is 5.64. The molecule has 0 amide bonds. The molecule has 2 aromatic carbocycles. The Morgan fingerprint density at radius 2 is 1.62 bits per heavy atom. The van der Waals surface area contributed by atoms with Gasteiger partial charge < -0.3 is 7.59 Å². The summed E-state index contributed by atoms with van der Waals surface area (Å²) in [7, 11) is 0. The Labute approximate surface area is 163 Å². The van der Waals surface area contributed by atoms with Gasteiger partial charge in [0.2, 0.25) is 0 Å². The van der Waals surface area contributed by atoms with Crippen LogP contribution in [0.25, 0.3) is 0 Å². The summed E-state index contributed by atoms with van der Waals surface area (Å²) in [5.74, 6) is 1.67. The number of carbonyl (C=O) groups is 1. The van der Waals surface area contributed by atoms with Crippen LogP contribution in [0.4, 0.5) is 0 Å². The van der Waals surface area contributed by atoms with Crippen LogP contribution in [0.1, 0.15) is 57.3 Å². The molecule has 0 aliphatic heterocycles. The van der Waals surface area contributed by atoms with E-state index >= 15 is 0 Å². The van der Waals surface area contributed by atoms with Gasteiger partial charge in [0.1, 0.15) is 12.4 Å². The maximum absolute atomic E-state index is 12.4. The zero-order valence-corrected chi connectivity index (χ0v) is 15.7. The van der Waals surface area contributed by atoms with Crippen LogP contribution in [-0.2, 0) is 6.61 Å². The van der Waals surface area contributed by atoms with Gasteiger partial charge in [0.25, 0.3) is 0 Å². The number of ketones is 1. The Balaban J connectivity index is 0.00000208. The maximum Gasteiger partial charge on any atom is 2.00 e. The molecule has 0 N–H and O–H groups in total. The summed E-state index contributed by atoms with van der Waals surface area (Å²) >= 11 is 0. The molecule has 1 aliphatic rings. The Bertz CT molecular complexity index is 626. The zero-order valence-electron chi connectivity index (χ0n) is 16.2. The minimum atomic E-state index is 0. The van der Waals surface area contributed by atoms with Crippen LogP contribution in [0.5, 0.6) is 5.75 Å². The minimum absolute atomic E-state index is 0. The van der Waals surface area contributed by atoms with Gasteiger partial charge in [0.15, 0.2) is 5.78 Å². The van der Waals surface area contributed by atoms with Crippen LogP contribution in [0.3, 0.4) is 0 Å². The number of carbonyl (C=O) groups excluding carboxylic acids is 1. The largest absolute Gasteiger partial charge is 2.00 e. The fourth-order valence-electron chi connectivity index (χ4n) is 3.25. The summed E-state index contributed by atoms with van der Waals surface area (Å²) in [6.45, 7) is 0.552.